The maximum atomic E-state index is 5.15. The quantitative estimate of drug-likeness (QED) is 0.558. The summed E-state index contributed by atoms with van der Waals surface area (Å²) in [7, 11) is 1.81. The lowest BCUT2D eigenvalue weighted by atomic mass is 9.94. The highest BCUT2D eigenvalue weighted by Crippen LogP contribution is 2.32. The van der Waals surface area contributed by atoms with E-state index in [1.54, 1.807) is 7.11 Å². The SMILES string of the molecule is COCC1CN2CCC1C2. The van der Waals surface area contributed by atoms with Gasteiger partial charge >= 0.3 is 0 Å². The van der Waals surface area contributed by atoms with Crippen LogP contribution in [0.4, 0.5) is 0 Å². The fourth-order valence-corrected chi connectivity index (χ4v) is 2.30. The number of piperidine rings is 1. The van der Waals surface area contributed by atoms with Crippen molar-refractivity contribution < 1.29 is 4.74 Å². The van der Waals surface area contributed by atoms with Crippen LogP contribution in [0.5, 0.6) is 0 Å². The molecular weight excluding hydrogens is 126 g/mol. The molecule has 2 aliphatic heterocycles. The average Bonchev–Trinajstić information content (AvgIpc) is 2.48. The van der Waals surface area contributed by atoms with Crippen molar-refractivity contribution in [2.75, 3.05) is 33.4 Å². The molecule has 0 saturated carbocycles. The third-order valence-corrected chi connectivity index (χ3v) is 2.85. The Kier molecular flexibility index (Phi) is 1.66. The molecule has 0 aromatic heterocycles. The Bertz CT molecular complexity index is 126. The Labute approximate surface area is 62.2 Å². The minimum atomic E-state index is 0.846. The minimum absolute atomic E-state index is 0.846. The Morgan fingerprint density at radius 2 is 2.40 bits per heavy atom. The van der Waals surface area contributed by atoms with Crippen LogP contribution in [-0.2, 0) is 4.74 Å². The predicted molar refractivity (Wildman–Crippen MR) is 39.9 cm³/mol. The predicted octanol–water partition coefficient (Wildman–Crippen LogP) is 0.585. The van der Waals surface area contributed by atoms with Crippen molar-refractivity contribution in [1.29, 1.82) is 0 Å². The molecule has 2 saturated heterocycles. The lowest BCUT2D eigenvalue weighted by molar-refractivity contribution is 0.124. The first kappa shape index (κ1) is 6.62. The molecule has 2 fully saturated rings. The number of hydrogen-bond donors (Lipinski definition) is 0. The van der Waals surface area contributed by atoms with Crippen molar-refractivity contribution in [1.82, 2.24) is 4.90 Å². The van der Waals surface area contributed by atoms with Crippen LogP contribution in [0.2, 0.25) is 0 Å². The zero-order valence-corrected chi connectivity index (χ0v) is 6.55. The van der Waals surface area contributed by atoms with Crippen molar-refractivity contribution >= 4 is 0 Å². The Balaban J connectivity index is 1.90. The summed E-state index contributed by atoms with van der Waals surface area (Å²) in [6.07, 6.45) is 1.41. The van der Waals surface area contributed by atoms with Gasteiger partial charge < -0.3 is 9.64 Å². The van der Waals surface area contributed by atoms with Gasteiger partial charge in [-0.05, 0) is 24.8 Å². The monoisotopic (exact) mass is 141 g/mol. The van der Waals surface area contributed by atoms with Crippen molar-refractivity contribution in [2.24, 2.45) is 11.8 Å². The van der Waals surface area contributed by atoms with Gasteiger partial charge in [-0.3, -0.25) is 0 Å². The van der Waals surface area contributed by atoms with Crippen LogP contribution in [0.3, 0.4) is 0 Å². The largest absolute Gasteiger partial charge is 0.384 e. The van der Waals surface area contributed by atoms with E-state index in [1.807, 2.05) is 0 Å². The minimum Gasteiger partial charge on any atom is -0.384 e. The molecule has 0 amide bonds. The van der Waals surface area contributed by atoms with Crippen LogP contribution in [0, 0.1) is 11.8 Å². The first-order valence-corrected chi connectivity index (χ1v) is 4.11. The summed E-state index contributed by atoms with van der Waals surface area (Å²) in [6.45, 7) is 4.94. The van der Waals surface area contributed by atoms with E-state index >= 15 is 0 Å². The second-order valence-electron chi connectivity index (χ2n) is 3.52. The molecule has 0 radical (unpaired) electrons. The summed E-state index contributed by atoms with van der Waals surface area (Å²) in [6, 6.07) is 0. The normalized spacial score (nSPS) is 44.7. The Morgan fingerprint density at radius 1 is 1.50 bits per heavy atom. The van der Waals surface area contributed by atoms with Gasteiger partial charge in [0.1, 0.15) is 0 Å². The number of hydrogen-bond acceptors (Lipinski definition) is 2. The van der Waals surface area contributed by atoms with Gasteiger partial charge in [0.05, 0.1) is 6.61 Å². The van der Waals surface area contributed by atoms with Crippen molar-refractivity contribution in [3.8, 4) is 0 Å². The standard InChI is InChI=1S/C8H15NO/c1-10-6-8-5-9-3-2-7(8)4-9/h7-8H,2-6H2,1H3. The van der Waals surface area contributed by atoms with Gasteiger partial charge in [-0.2, -0.15) is 0 Å². The van der Waals surface area contributed by atoms with E-state index in [4.69, 9.17) is 4.74 Å². The molecule has 10 heavy (non-hydrogen) atoms. The topological polar surface area (TPSA) is 12.5 Å². The summed E-state index contributed by atoms with van der Waals surface area (Å²) in [5.41, 5.74) is 0. The van der Waals surface area contributed by atoms with E-state index in [0.717, 1.165) is 18.4 Å². The van der Waals surface area contributed by atoms with Crippen LogP contribution in [0.15, 0.2) is 0 Å². The van der Waals surface area contributed by atoms with Crippen molar-refractivity contribution in [2.45, 2.75) is 6.42 Å². The van der Waals surface area contributed by atoms with E-state index in [-0.39, 0.29) is 0 Å². The van der Waals surface area contributed by atoms with Crippen molar-refractivity contribution in [3.05, 3.63) is 0 Å². The van der Waals surface area contributed by atoms with Gasteiger partial charge in [0.25, 0.3) is 0 Å². The third-order valence-electron chi connectivity index (χ3n) is 2.85. The highest BCUT2D eigenvalue weighted by Gasteiger charge is 2.37. The molecule has 2 aliphatic rings. The van der Waals surface area contributed by atoms with Gasteiger partial charge in [0, 0.05) is 20.2 Å². The van der Waals surface area contributed by atoms with E-state index < -0.39 is 0 Å². The molecule has 3 unspecified atom stereocenters. The number of methoxy groups -OCH3 is 1. The summed E-state index contributed by atoms with van der Waals surface area (Å²) in [4.78, 5) is 2.55. The molecule has 2 bridgehead atoms. The fourth-order valence-electron chi connectivity index (χ4n) is 2.30. The number of ether oxygens (including phenoxy) is 1. The van der Waals surface area contributed by atoms with E-state index in [2.05, 4.69) is 4.90 Å². The third kappa shape index (κ3) is 0.956. The van der Waals surface area contributed by atoms with Crippen LogP contribution in [-0.4, -0.2) is 38.3 Å². The molecule has 0 spiro atoms. The molecular formula is C8H15NO. The fraction of sp³-hybridized carbons (Fsp3) is 1.00. The van der Waals surface area contributed by atoms with E-state index in [9.17, 15) is 0 Å². The highest BCUT2D eigenvalue weighted by atomic mass is 16.5. The lowest BCUT2D eigenvalue weighted by Gasteiger charge is -2.20. The molecule has 2 nitrogen and oxygen atoms in total. The highest BCUT2D eigenvalue weighted by molar-refractivity contribution is 4.89. The van der Waals surface area contributed by atoms with Gasteiger partial charge in [-0.25, -0.2) is 0 Å². The molecule has 0 N–H and O–H groups in total. The first-order valence-electron chi connectivity index (χ1n) is 4.11. The average molecular weight is 141 g/mol. The second-order valence-corrected chi connectivity index (χ2v) is 3.52. The lowest BCUT2D eigenvalue weighted by Crippen LogP contribution is -2.26. The molecule has 0 aromatic carbocycles. The number of rotatable bonds is 2. The van der Waals surface area contributed by atoms with Crippen LogP contribution in [0.1, 0.15) is 6.42 Å². The molecule has 2 heterocycles. The first-order chi connectivity index (χ1) is 4.90. The van der Waals surface area contributed by atoms with Gasteiger partial charge in [0.2, 0.25) is 0 Å². The van der Waals surface area contributed by atoms with Crippen molar-refractivity contribution in [3.63, 3.8) is 0 Å². The smallest absolute Gasteiger partial charge is 0.0505 e. The Hall–Kier alpha value is -0.0800. The molecule has 0 aliphatic carbocycles. The number of nitrogens with zero attached hydrogens (tertiary/aromatic N) is 1. The molecule has 2 heteroatoms. The van der Waals surface area contributed by atoms with E-state index in [1.165, 1.54) is 26.1 Å². The van der Waals surface area contributed by atoms with Crippen LogP contribution in [0.25, 0.3) is 0 Å². The molecule has 0 aromatic rings. The van der Waals surface area contributed by atoms with Crippen LogP contribution >= 0.6 is 0 Å². The summed E-state index contributed by atoms with van der Waals surface area (Å²) < 4.78 is 5.15. The van der Waals surface area contributed by atoms with E-state index in [0.29, 0.717) is 0 Å². The summed E-state index contributed by atoms with van der Waals surface area (Å²) in [5, 5.41) is 0. The zero-order valence-electron chi connectivity index (χ0n) is 6.55. The maximum Gasteiger partial charge on any atom is 0.0505 e. The van der Waals surface area contributed by atoms with Gasteiger partial charge in [0.15, 0.2) is 0 Å². The van der Waals surface area contributed by atoms with Gasteiger partial charge in [-0.15, -0.1) is 0 Å². The molecule has 2 rings (SSSR count). The molecule has 58 valence electrons. The van der Waals surface area contributed by atoms with Crippen LogP contribution < -0.4 is 0 Å². The maximum absolute atomic E-state index is 5.15. The number of fused-ring (bicyclic) bond motifs is 2. The molecule has 3 atom stereocenters. The Morgan fingerprint density at radius 3 is 2.90 bits per heavy atom. The zero-order chi connectivity index (χ0) is 6.97. The summed E-state index contributed by atoms with van der Waals surface area (Å²) >= 11 is 0. The second kappa shape index (κ2) is 2.51. The van der Waals surface area contributed by atoms with Gasteiger partial charge in [-0.1, -0.05) is 0 Å². The summed E-state index contributed by atoms with van der Waals surface area (Å²) in [5.74, 6) is 1.80.